The molecule has 0 spiro atoms. The molecule has 82 valence electrons. The molecular formula is C10H20N2O2. The van der Waals surface area contributed by atoms with Gasteiger partial charge in [-0.15, -0.1) is 0 Å². The van der Waals surface area contributed by atoms with Crippen LogP contribution in [-0.2, 0) is 9.53 Å². The molecule has 0 radical (unpaired) electrons. The molecule has 1 amide bonds. The second kappa shape index (κ2) is 5.98. The Morgan fingerprint density at radius 3 is 2.64 bits per heavy atom. The van der Waals surface area contributed by atoms with Crippen molar-refractivity contribution in [3.8, 4) is 0 Å². The fraction of sp³-hybridized carbons (Fsp3) is 0.900. The number of carbonyl (C=O) groups excluding carboxylic acids is 1. The fourth-order valence-electron chi connectivity index (χ4n) is 1.83. The molecule has 1 fully saturated rings. The fourth-order valence-corrected chi connectivity index (χ4v) is 1.83. The Morgan fingerprint density at radius 2 is 2.07 bits per heavy atom. The van der Waals surface area contributed by atoms with E-state index in [1.54, 1.807) is 0 Å². The predicted molar refractivity (Wildman–Crippen MR) is 54.8 cm³/mol. The lowest BCUT2D eigenvalue weighted by Gasteiger charge is -2.26. The average Bonchev–Trinajstić information content (AvgIpc) is 2.17. The van der Waals surface area contributed by atoms with Gasteiger partial charge in [-0.05, 0) is 31.6 Å². The van der Waals surface area contributed by atoms with Gasteiger partial charge in [0.2, 0.25) is 5.91 Å². The number of carbonyl (C=O) groups is 1. The van der Waals surface area contributed by atoms with Crippen LogP contribution >= 0.6 is 0 Å². The molecule has 4 heteroatoms. The van der Waals surface area contributed by atoms with Gasteiger partial charge in [-0.25, -0.2) is 0 Å². The number of nitrogens with one attached hydrogen (secondary N) is 1. The maximum absolute atomic E-state index is 11.1. The summed E-state index contributed by atoms with van der Waals surface area (Å²) in [6.45, 7) is 0.932. The molecule has 0 aromatic heterocycles. The number of ether oxygens (including phenoxy) is 1. The molecule has 0 aromatic rings. The van der Waals surface area contributed by atoms with E-state index in [0.717, 1.165) is 32.2 Å². The van der Waals surface area contributed by atoms with Crippen LogP contribution in [0.25, 0.3) is 0 Å². The van der Waals surface area contributed by atoms with Crippen molar-refractivity contribution in [3.63, 3.8) is 0 Å². The summed E-state index contributed by atoms with van der Waals surface area (Å²) in [4.78, 5) is 11.1. The Bertz CT molecular complexity index is 177. The van der Waals surface area contributed by atoms with Crippen LogP contribution in [0.1, 0.15) is 25.7 Å². The van der Waals surface area contributed by atoms with Gasteiger partial charge in [-0.1, -0.05) is 0 Å². The number of hydrogen-bond donors (Lipinski definition) is 2. The lowest BCUT2D eigenvalue weighted by Crippen LogP contribution is -2.35. The third-order valence-corrected chi connectivity index (χ3v) is 2.75. The lowest BCUT2D eigenvalue weighted by molar-refractivity contribution is -0.124. The van der Waals surface area contributed by atoms with Gasteiger partial charge in [0.25, 0.3) is 0 Å². The Balaban J connectivity index is 2.09. The van der Waals surface area contributed by atoms with Crippen LogP contribution in [0.3, 0.4) is 0 Å². The first-order chi connectivity index (χ1) is 6.72. The minimum Gasteiger partial charge on any atom is -0.375 e. The first-order valence-electron chi connectivity index (χ1n) is 5.23. The van der Waals surface area contributed by atoms with Gasteiger partial charge in [-0.3, -0.25) is 4.79 Å². The average molecular weight is 200 g/mol. The molecule has 0 aliphatic heterocycles. The van der Waals surface area contributed by atoms with Crippen LogP contribution in [0, 0.1) is 5.92 Å². The SMILES string of the molecule is COCC(=O)NCC1CCC(N)CC1. The largest absolute Gasteiger partial charge is 0.375 e. The molecule has 0 heterocycles. The number of amides is 1. The second-order valence-corrected chi connectivity index (χ2v) is 4.02. The summed E-state index contributed by atoms with van der Waals surface area (Å²) in [5.41, 5.74) is 5.79. The van der Waals surface area contributed by atoms with Gasteiger partial charge in [0, 0.05) is 19.7 Å². The normalized spacial score (nSPS) is 27.3. The van der Waals surface area contributed by atoms with Gasteiger partial charge in [-0.2, -0.15) is 0 Å². The topological polar surface area (TPSA) is 64.3 Å². The maximum Gasteiger partial charge on any atom is 0.245 e. The molecule has 4 nitrogen and oxygen atoms in total. The summed E-state index contributed by atoms with van der Waals surface area (Å²) >= 11 is 0. The molecule has 1 saturated carbocycles. The van der Waals surface area contributed by atoms with E-state index in [4.69, 9.17) is 10.5 Å². The van der Waals surface area contributed by atoms with Crippen LogP contribution in [-0.4, -0.2) is 32.2 Å². The Hall–Kier alpha value is -0.610. The van der Waals surface area contributed by atoms with E-state index in [1.807, 2.05) is 0 Å². The molecule has 0 saturated heterocycles. The van der Waals surface area contributed by atoms with Crippen molar-refractivity contribution in [1.82, 2.24) is 5.32 Å². The predicted octanol–water partition coefficient (Wildman–Crippen LogP) is 0.267. The van der Waals surface area contributed by atoms with Crippen LogP contribution in [0.2, 0.25) is 0 Å². The molecule has 1 rings (SSSR count). The third-order valence-electron chi connectivity index (χ3n) is 2.75. The molecule has 1 aliphatic rings. The highest BCUT2D eigenvalue weighted by atomic mass is 16.5. The van der Waals surface area contributed by atoms with Crippen molar-refractivity contribution in [1.29, 1.82) is 0 Å². The Kier molecular flexibility index (Phi) is 4.90. The van der Waals surface area contributed by atoms with E-state index in [1.165, 1.54) is 7.11 Å². The Labute approximate surface area is 85.2 Å². The van der Waals surface area contributed by atoms with E-state index in [0.29, 0.717) is 12.0 Å². The summed E-state index contributed by atoms with van der Waals surface area (Å²) in [6.07, 6.45) is 4.44. The molecule has 1 aliphatic carbocycles. The number of hydrogen-bond acceptors (Lipinski definition) is 3. The zero-order chi connectivity index (χ0) is 10.4. The van der Waals surface area contributed by atoms with Crippen molar-refractivity contribution in [2.45, 2.75) is 31.7 Å². The molecule has 0 unspecified atom stereocenters. The monoisotopic (exact) mass is 200 g/mol. The second-order valence-electron chi connectivity index (χ2n) is 4.02. The van der Waals surface area contributed by atoms with Gasteiger partial charge in [0.1, 0.15) is 6.61 Å². The van der Waals surface area contributed by atoms with Crippen LogP contribution in [0.15, 0.2) is 0 Å². The third kappa shape index (κ3) is 4.07. The first kappa shape index (κ1) is 11.5. The van der Waals surface area contributed by atoms with Crippen molar-refractivity contribution in [2.75, 3.05) is 20.3 Å². The smallest absolute Gasteiger partial charge is 0.245 e. The summed E-state index contributed by atoms with van der Waals surface area (Å²) in [5.74, 6) is 0.581. The zero-order valence-electron chi connectivity index (χ0n) is 8.79. The summed E-state index contributed by atoms with van der Waals surface area (Å²) < 4.78 is 4.73. The van der Waals surface area contributed by atoms with Crippen LogP contribution in [0.4, 0.5) is 0 Å². The van der Waals surface area contributed by atoms with Gasteiger partial charge < -0.3 is 15.8 Å². The standard InChI is InChI=1S/C10H20N2O2/c1-14-7-10(13)12-6-8-2-4-9(11)5-3-8/h8-9H,2-7,11H2,1H3,(H,12,13). The van der Waals surface area contributed by atoms with Gasteiger partial charge >= 0.3 is 0 Å². The summed E-state index contributed by atoms with van der Waals surface area (Å²) in [5, 5.41) is 2.86. The number of methoxy groups -OCH3 is 1. The van der Waals surface area contributed by atoms with E-state index < -0.39 is 0 Å². The quantitative estimate of drug-likeness (QED) is 0.684. The zero-order valence-corrected chi connectivity index (χ0v) is 8.79. The van der Waals surface area contributed by atoms with E-state index in [-0.39, 0.29) is 12.5 Å². The van der Waals surface area contributed by atoms with Crippen LogP contribution < -0.4 is 11.1 Å². The molecule has 0 bridgehead atoms. The molecular weight excluding hydrogens is 180 g/mol. The lowest BCUT2D eigenvalue weighted by atomic mass is 9.86. The highest BCUT2D eigenvalue weighted by molar-refractivity contribution is 5.77. The summed E-state index contributed by atoms with van der Waals surface area (Å²) in [7, 11) is 1.53. The highest BCUT2D eigenvalue weighted by Crippen LogP contribution is 2.22. The van der Waals surface area contributed by atoms with Crippen molar-refractivity contribution < 1.29 is 9.53 Å². The van der Waals surface area contributed by atoms with E-state index in [2.05, 4.69) is 5.32 Å². The minimum atomic E-state index is -0.0256. The summed E-state index contributed by atoms with van der Waals surface area (Å²) in [6, 6.07) is 0.376. The van der Waals surface area contributed by atoms with Crippen LogP contribution in [0.5, 0.6) is 0 Å². The van der Waals surface area contributed by atoms with E-state index >= 15 is 0 Å². The van der Waals surface area contributed by atoms with Crippen molar-refractivity contribution in [2.24, 2.45) is 11.7 Å². The highest BCUT2D eigenvalue weighted by Gasteiger charge is 2.18. The maximum atomic E-state index is 11.1. The molecule has 0 aromatic carbocycles. The number of nitrogens with two attached hydrogens (primary N) is 1. The van der Waals surface area contributed by atoms with Crippen molar-refractivity contribution in [3.05, 3.63) is 0 Å². The van der Waals surface area contributed by atoms with Gasteiger partial charge in [0.15, 0.2) is 0 Å². The Morgan fingerprint density at radius 1 is 1.43 bits per heavy atom. The number of rotatable bonds is 4. The first-order valence-corrected chi connectivity index (χ1v) is 5.23. The van der Waals surface area contributed by atoms with Crippen molar-refractivity contribution >= 4 is 5.91 Å². The molecule has 0 atom stereocenters. The minimum absolute atomic E-state index is 0.0256. The van der Waals surface area contributed by atoms with E-state index in [9.17, 15) is 4.79 Å². The van der Waals surface area contributed by atoms with Gasteiger partial charge in [0.05, 0.1) is 0 Å². The molecule has 3 N–H and O–H groups in total. The molecule has 14 heavy (non-hydrogen) atoms.